The first-order valence-electron chi connectivity index (χ1n) is 6.24. The summed E-state index contributed by atoms with van der Waals surface area (Å²) in [6.45, 7) is 2.01. The Kier molecular flexibility index (Phi) is 3.95. The van der Waals surface area contributed by atoms with E-state index in [1.54, 1.807) is 18.2 Å². The quantitative estimate of drug-likeness (QED) is 0.894. The Balaban J connectivity index is 2.45. The summed E-state index contributed by atoms with van der Waals surface area (Å²) in [5.41, 5.74) is 2.76. The van der Waals surface area contributed by atoms with Crippen LogP contribution in [0.5, 0.6) is 0 Å². The van der Waals surface area contributed by atoms with Crippen LogP contribution in [-0.2, 0) is 6.42 Å². The number of carboxylic acid groups (broad SMARTS) is 1. The summed E-state index contributed by atoms with van der Waals surface area (Å²) in [4.78, 5) is 11.3. The van der Waals surface area contributed by atoms with E-state index in [9.17, 15) is 14.3 Å². The molecule has 0 spiro atoms. The highest BCUT2D eigenvalue weighted by Crippen LogP contribution is 2.23. The van der Waals surface area contributed by atoms with E-state index in [0.29, 0.717) is 5.56 Å². The van der Waals surface area contributed by atoms with E-state index >= 15 is 0 Å². The minimum absolute atomic E-state index is 0.301. The highest BCUT2D eigenvalue weighted by molar-refractivity contribution is 5.91. The summed E-state index contributed by atoms with van der Waals surface area (Å²) in [5.74, 6) is -1.22. The van der Waals surface area contributed by atoms with Gasteiger partial charge < -0.3 is 5.11 Å². The highest BCUT2D eigenvalue weighted by atomic mass is 19.1. The van der Waals surface area contributed by atoms with Crippen molar-refractivity contribution in [3.63, 3.8) is 0 Å². The summed E-state index contributed by atoms with van der Waals surface area (Å²) < 4.78 is 12.9. The average molecular weight is 258 g/mol. The van der Waals surface area contributed by atoms with Crippen molar-refractivity contribution in [2.45, 2.75) is 19.8 Å². The van der Waals surface area contributed by atoms with Crippen molar-refractivity contribution in [1.29, 1.82) is 0 Å². The van der Waals surface area contributed by atoms with Gasteiger partial charge in [-0.15, -0.1) is 0 Å². The van der Waals surface area contributed by atoms with Gasteiger partial charge in [0.25, 0.3) is 0 Å². The molecule has 0 saturated heterocycles. The third kappa shape index (κ3) is 2.99. The second-order valence-electron chi connectivity index (χ2n) is 4.43. The summed E-state index contributed by atoms with van der Waals surface area (Å²) >= 11 is 0. The Morgan fingerprint density at radius 1 is 1.11 bits per heavy atom. The number of carboxylic acids is 1. The van der Waals surface area contributed by atoms with E-state index in [4.69, 9.17) is 0 Å². The maximum absolute atomic E-state index is 12.9. The van der Waals surface area contributed by atoms with Gasteiger partial charge in [0.2, 0.25) is 0 Å². The topological polar surface area (TPSA) is 37.3 Å². The van der Waals surface area contributed by atoms with Crippen LogP contribution in [0.4, 0.5) is 4.39 Å². The van der Waals surface area contributed by atoms with Crippen LogP contribution in [-0.4, -0.2) is 11.1 Å². The van der Waals surface area contributed by atoms with Gasteiger partial charge in [-0.3, -0.25) is 0 Å². The lowest BCUT2D eigenvalue weighted by molar-refractivity contribution is 0.0695. The van der Waals surface area contributed by atoms with Crippen LogP contribution in [0.2, 0.25) is 0 Å². The zero-order chi connectivity index (χ0) is 13.8. The number of hydrogen-bond acceptors (Lipinski definition) is 1. The minimum atomic E-state index is -0.924. The number of benzene rings is 2. The summed E-state index contributed by atoms with van der Waals surface area (Å²) in [6, 6.07) is 11.4. The molecule has 2 aromatic carbocycles. The van der Waals surface area contributed by atoms with Gasteiger partial charge >= 0.3 is 5.97 Å². The molecule has 3 heteroatoms. The molecule has 0 heterocycles. The summed E-state index contributed by atoms with van der Waals surface area (Å²) in [6.07, 6.45) is 1.64. The van der Waals surface area contributed by atoms with Crippen molar-refractivity contribution in [2.75, 3.05) is 0 Å². The fourth-order valence-electron chi connectivity index (χ4n) is 2.08. The van der Waals surface area contributed by atoms with Gasteiger partial charge in [-0.1, -0.05) is 37.6 Å². The molecule has 0 atom stereocenters. The van der Waals surface area contributed by atoms with Crippen molar-refractivity contribution < 1.29 is 14.3 Å². The zero-order valence-electron chi connectivity index (χ0n) is 10.7. The van der Waals surface area contributed by atoms with Gasteiger partial charge in [-0.2, -0.15) is 0 Å². The third-order valence-electron chi connectivity index (χ3n) is 3.04. The molecule has 0 aliphatic carbocycles. The minimum Gasteiger partial charge on any atom is -0.478 e. The maximum Gasteiger partial charge on any atom is 0.335 e. The van der Waals surface area contributed by atoms with Crippen molar-refractivity contribution >= 4 is 5.97 Å². The lowest BCUT2D eigenvalue weighted by Crippen LogP contribution is -2.02. The fraction of sp³-hybridized carbons (Fsp3) is 0.188. The molecule has 0 aliphatic rings. The van der Waals surface area contributed by atoms with E-state index in [1.807, 2.05) is 19.1 Å². The molecule has 0 bridgehead atoms. The fourth-order valence-corrected chi connectivity index (χ4v) is 2.08. The monoisotopic (exact) mass is 258 g/mol. The van der Waals surface area contributed by atoms with Gasteiger partial charge in [0.15, 0.2) is 0 Å². The van der Waals surface area contributed by atoms with E-state index in [1.165, 1.54) is 12.1 Å². The molecule has 0 fully saturated rings. The van der Waals surface area contributed by atoms with E-state index in [-0.39, 0.29) is 5.82 Å². The molecule has 1 N–H and O–H groups in total. The Bertz CT molecular complexity index is 588. The molecule has 0 amide bonds. The number of carbonyl (C=O) groups is 1. The molecule has 98 valence electrons. The van der Waals surface area contributed by atoms with Gasteiger partial charge in [-0.25, -0.2) is 9.18 Å². The van der Waals surface area contributed by atoms with E-state index in [2.05, 4.69) is 0 Å². The molecule has 0 saturated carbocycles. The van der Waals surface area contributed by atoms with Gasteiger partial charge in [0, 0.05) is 0 Å². The third-order valence-corrected chi connectivity index (χ3v) is 3.04. The lowest BCUT2D eigenvalue weighted by Gasteiger charge is -2.08. The molecule has 2 aromatic rings. The second kappa shape index (κ2) is 5.65. The SMILES string of the molecule is CCCc1ccc(-c2ccc(F)cc2)cc1C(=O)O. The van der Waals surface area contributed by atoms with Crippen LogP contribution in [0.3, 0.4) is 0 Å². The Hall–Kier alpha value is -2.16. The van der Waals surface area contributed by atoms with E-state index in [0.717, 1.165) is 29.5 Å². The number of rotatable bonds is 4. The van der Waals surface area contributed by atoms with Crippen LogP contribution in [0.1, 0.15) is 29.3 Å². The Morgan fingerprint density at radius 3 is 2.32 bits per heavy atom. The van der Waals surface area contributed by atoms with Crippen molar-refractivity contribution in [1.82, 2.24) is 0 Å². The summed E-state index contributed by atoms with van der Waals surface area (Å²) in [5, 5.41) is 9.25. The molecule has 2 nitrogen and oxygen atoms in total. The van der Waals surface area contributed by atoms with E-state index < -0.39 is 5.97 Å². The standard InChI is InChI=1S/C16H15FO2/c1-2-3-12-4-5-13(10-15(12)16(18)19)11-6-8-14(17)9-7-11/h4-10H,2-3H2,1H3,(H,18,19). The summed E-state index contributed by atoms with van der Waals surface area (Å²) in [7, 11) is 0. The Morgan fingerprint density at radius 2 is 1.74 bits per heavy atom. The molecular weight excluding hydrogens is 243 g/mol. The number of hydrogen-bond donors (Lipinski definition) is 1. The van der Waals surface area contributed by atoms with Gasteiger partial charge in [0.05, 0.1) is 5.56 Å². The zero-order valence-corrected chi connectivity index (χ0v) is 10.7. The first-order chi connectivity index (χ1) is 9.11. The lowest BCUT2D eigenvalue weighted by atomic mass is 9.97. The second-order valence-corrected chi connectivity index (χ2v) is 4.43. The van der Waals surface area contributed by atoms with Crippen LogP contribution in [0.25, 0.3) is 11.1 Å². The first kappa shape index (κ1) is 13.3. The normalized spacial score (nSPS) is 10.4. The van der Waals surface area contributed by atoms with Crippen molar-refractivity contribution in [2.24, 2.45) is 0 Å². The highest BCUT2D eigenvalue weighted by Gasteiger charge is 2.11. The predicted octanol–water partition coefficient (Wildman–Crippen LogP) is 4.14. The number of aromatic carboxylic acids is 1. The molecule has 0 unspecified atom stereocenters. The average Bonchev–Trinajstić information content (AvgIpc) is 2.40. The number of halogens is 1. The molecule has 0 aliphatic heterocycles. The smallest absolute Gasteiger partial charge is 0.335 e. The largest absolute Gasteiger partial charge is 0.478 e. The maximum atomic E-state index is 12.9. The van der Waals surface area contributed by atoms with Crippen LogP contribution in [0, 0.1) is 5.82 Å². The van der Waals surface area contributed by atoms with Crippen molar-refractivity contribution in [3.8, 4) is 11.1 Å². The van der Waals surface area contributed by atoms with Crippen LogP contribution in [0.15, 0.2) is 42.5 Å². The van der Waals surface area contributed by atoms with Crippen molar-refractivity contribution in [3.05, 3.63) is 59.4 Å². The number of aryl methyl sites for hydroxylation is 1. The Labute approximate surface area is 111 Å². The van der Waals surface area contributed by atoms with Gasteiger partial charge in [0.1, 0.15) is 5.82 Å². The van der Waals surface area contributed by atoms with Crippen LogP contribution >= 0.6 is 0 Å². The molecule has 2 rings (SSSR count). The molecular formula is C16H15FO2. The molecule has 0 aromatic heterocycles. The first-order valence-corrected chi connectivity index (χ1v) is 6.24. The molecule has 0 radical (unpaired) electrons. The predicted molar refractivity (Wildman–Crippen MR) is 72.8 cm³/mol. The molecule has 19 heavy (non-hydrogen) atoms. The van der Waals surface area contributed by atoms with Gasteiger partial charge in [-0.05, 0) is 41.3 Å². The van der Waals surface area contributed by atoms with Crippen LogP contribution < -0.4 is 0 Å².